The molecule has 0 N–H and O–H groups in total. The van der Waals surface area contributed by atoms with Gasteiger partial charge in [-0.05, 0) is 4.48 Å². The molecular weight excluding hydrogens is 135 g/mol. The zero-order chi connectivity index (χ0) is 7.24. The number of halogens is 1. The molecule has 3 saturated heterocycles. The number of hydroxylamine groups is 3. The predicted octanol–water partition coefficient (Wildman–Crippen LogP) is 0.0295. The van der Waals surface area contributed by atoms with Crippen LogP contribution in [0, 0.1) is 5.21 Å². The molecule has 0 amide bonds. The van der Waals surface area contributed by atoms with Crippen molar-refractivity contribution >= 4 is 0 Å². The van der Waals surface area contributed by atoms with Gasteiger partial charge in [0.2, 0.25) is 0 Å². The lowest BCUT2D eigenvalue weighted by Crippen LogP contribution is -2.69. The number of hydrogen-bond acceptors (Lipinski definition) is 1. The second-order valence-electron chi connectivity index (χ2n) is 3.43. The summed E-state index contributed by atoms with van der Waals surface area (Å²) in [5.74, 6) is 0. The van der Waals surface area contributed by atoms with Crippen molar-refractivity contribution in [3.05, 3.63) is 5.21 Å². The van der Waals surface area contributed by atoms with Crippen LogP contribution in [0.2, 0.25) is 0 Å². The largest absolute Gasteiger partial charge is 0.632 e. The van der Waals surface area contributed by atoms with E-state index in [0.29, 0.717) is 39.3 Å². The Labute approximate surface area is 59.3 Å². The van der Waals surface area contributed by atoms with Crippen LogP contribution in [-0.4, -0.2) is 48.6 Å². The molecule has 3 nitrogen and oxygen atoms in total. The Morgan fingerprint density at radius 3 is 1.60 bits per heavy atom. The summed E-state index contributed by atoms with van der Waals surface area (Å²) < 4.78 is 12.8. The average Bonchev–Trinajstić information content (AvgIpc) is 1.93. The van der Waals surface area contributed by atoms with E-state index in [-0.39, 0.29) is 9.35 Å². The van der Waals surface area contributed by atoms with Crippen LogP contribution in [-0.2, 0) is 0 Å². The van der Waals surface area contributed by atoms with Crippen LogP contribution in [0.25, 0.3) is 0 Å². The van der Waals surface area contributed by atoms with Crippen molar-refractivity contribution in [2.45, 2.75) is 0 Å². The summed E-state index contributed by atoms with van der Waals surface area (Å²) in [6.45, 7) is 2.75. The first-order chi connectivity index (χ1) is 4.62. The van der Waals surface area contributed by atoms with E-state index >= 15 is 0 Å². The second kappa shape index (κ2) is 1.69. The fourth-order valence-electron chi connectivity index (χ4n) is 1.76. The van der Waals surface area contributed by atoms with Crippen molar-refractivity contribution in [2.24, 2.45) is 0 Å². The SMILES string of the molecule is [O-][N+]12CC[N+](F)(CC1)CC2. The summed E-state index contributed by atoms with van der Waals surface area (Å²) in [7, 11) is 0. The highest BCUT2D eigenvalue weighted by Gasteiger charge is 2.46. The van der Waals surface area contributed by atoms with Crippen LogP contribution in [0.1, 0.15) is 0 Å². The lowest BCUT2D eigenvalue weighted by atomic mass is 10.2. The van der Waals surface area contributed by atoms with E-state index in [9.17, 15) is 9.69 Å². The first-order valence-corrected chi connectivity index (χ1v) is 3.75. The summed E-state index contributed by atoms with van der Waals surface area (Å²) in [6.07, 6.45) is 0. The van der Waals surface area contributed by atoms with Crippen LogP contribution >= 0.6 is 0 Å². The topological polar surface area (TPSA) is 23.1 Å². The van der Waals surface area contributed by atoms with Gasteiger partial charge in [0, 0.05) is 0 Å². The monoisotopic (exact) mass is 147 g/mol. The van der Waals surface area contributed by atoms with Crippen molar-refractivity contribution in [3.63, 3.8) is 0 Å². The number of piperazine rings is 3. The van der Waals surface area contributed by atoms with E-state index in [4.69, 9.17) is 0 Å². The molecule has 3 heterocycles. The Kier molecular flexibility index (Phi) is 1.10. The molecule has 0 aromatic heterocycles. The summed E-state index contributed by atoms with van der Waals surface area (Å²) in [6, 6.07) is 0. The number of nitrogens with zero attached hydrogens (tertiary/aromatic N) is 2. The molecule has 3 aliphatic heterocycles. The van der Waals surface area contributed by atoms with E-state index < -0.39 is 0 Å². The van der Waals surface area contributed by atoms with Crippen molar-refractivity contribution < 1.29 is 13.8 Å². The van der Waals surface area contributed by atoms with Gasteiger partial charge in [-0.1, -0.05) is 0 Å². The highest BCUT2D eigenvalue weighted by molar-refractivity contribution is 4.57. The molecular formula is C6H12FN2O+. The van der Waals surface area contributed by atoms with Crippen LogP contribution < -0.4 is 0 Å². The molecule has 0 unspecified atom stereocenters. The minimum Gasteiger partial charge on any atom is -0.632 e. The quantitative estimate of drug-likeness (QED) is 0.269. The molecule has 0 aliphatic carbocycles. The maximum absolute atomic E-state index is 13.3. The summed E-state index contributed by atoms with van der Waals surface area (Å²) in [5, 5.41) is 11.4. The van der Waals surface area contributed by atoms with Gasteiger partial charge in [0.15, 0.2) is 19.6 Å². The van der Waals surface area contributed by atoms with Crippen LogP contribution in [0.3, 0.4) is 0 Å². The van der Waals surface area contributed by atoms with E-state index in [2.05, 4.69) is 0 Å². The van der Waals surface area contributed by atoms with E-state index in [1.165, 1.54) is 0 Å². The van der Waals surface area contributed by atoms with Crippen molar-refractivity contribution in [3.8, 4) is 0 Å². The Hall–Kier alpha value is -0.190. The maximum Gasteiger partial charge on any atom is 0.165 e. The van der Waals surface area contributed by atoms with Gasteiger partial charge in [-0.25, -0.2) is 0 Å². The lowest BCUT2D eigenvalue weighted by Gasteiger charge is -2.52. The molecule has 0 atom stereocenters. The first-order valence-electron chi connectivity index (χ1n) is 3.75. The van der Waals surface area contributed by atoms with Crippen molar-refractivity contribution in [1.82, 2.24) is 0 Å². The van der Waals surface area contributed by atoms with E-state index in [1.807, 2.05) is 0 Å². The lowest BCUT2D eigenvalue weighted by molar-refractivity contribution is -1.14. The van der Waals surface area contributed by atoms with Gasteiger partial charge in [0.1, 0.15) is 19.6 Å². The van der Waals surface area contributed by atoms with Crippen LogP contribution in [0.4, 0.5) is 4.48 Å². The second-order valence-corrected chi connectivity index (χ2v) is 3.43. The average molecular weight is 147 g/mol. The molecule has 3 fully saturated rings. The summed E-state index contributed by atoms with van der Waals surface area (Å²) in [5.41, 5.74) is 0. The normalized spacial score (nSPS) is 53.4. The Morgan fingerprint density at radius 2 is 1.30 bits per heavy atom. The molecule has 58 valence electrons. The molecule has 3 rings (SSSR count). The van der Waals surface area contributed by atoms with Gasteiger partial charge in [-0.15, -0.1) is 4.71 Å². The maximum atomic E-state index is 13.3. The smallest absolute Gasteiger partial charge is 0.165 e. The Morgan fingerprint density at radius 1 is 0.900 bits per heavy atom. The third-order valence-corrected chi connectivity index (χ3v) is 2.72. The van der Waals surface area contributed by atoms with E-state index in [1.54, 1.807) is 0 Å². The summed E-state index contributed by atoms with van der Waals surface area (Å²) >= 11 is 0. The van der Waals surface area contributed by atoms with Gasteiger partial charge in [-0.2, -0.15) is 0 Å². The molecule has 2 bridgehead atoms. The molecule has 4 heteroatoms. The van der Waals surface area contributed by atoms with Gasteiger partial charge in [0.05, 0.1) is 0 Å². The number of fused-ring (bicyclic) bond motifs is 3. The van der Waals surface area contributed by atoms with Crippen LogP contribution in [0.5, 0.6) is 0 Å². The predicted molar refractivity (Wildman–Crippen MR) is 34.2 cm³/mol. The first kappa shape index (κ1) is 6.52. The molecule has 0 saturated carbocycles. The van der Waals surface area contributed by atoms with Gasteiger partial charge in [-0.3, -0.25) is 0 Å². The molecule has 0 aromatic rings. The Bertz CT molecular complexity index is 119. The fraction of sp³-hybridized carbons (Fsp3) is 1.00. The van der Waals surface area contributed by atoms with Crippen molar-refractivity contribution in [1.29, 1.82) is 0 Å². The fourth-order valence-corrected chi connectivity index (χ4v) is 1.76. The molecule has 10 heavy (non-hydrogen) atoms. The standard InChI is InChI=1S/C6H12FN2O/c7-8-1-4-9(10,5-2-8)6-3-8/h1-6H2/q+1. The third kappa shape index (κ3) is 0.836. The van der Waals surface area contributed by atoms with Crippen LogP contribution in [0.15, 0.2) is 0 Å². The molecule has 0 spiro atoms. The number of hydrogen-bond donors (Lipinski definition) is 0. The zero-order valence-corrected chi connectivity index (χ0v) is 5.92. The zero-order valence-electron chi connectivity index (χ0n) is 5.92. The number of rotatable bonds is 0. The third-order valence-electron chi connectivity index (χ3n) is 2.72. The Balaban J connectivity index is 2.16. The summed E-state index contributed by atoms with van der Waals surface area (Å²) in [4.78, 5) is 0. The molecule has 0 radical (unpaired) electrons. The van der Waals surface area contributed by atoms with Crippen molar-refractivity contribution in [2.75, 3.05) is 39.3 Å². The van der Waals surface area contributed by atoms with E-state index in [0.717, 1.165) is 0 Å². The molecule has 3 aliphatic rings. The van der Waals surface area contributed by atoms with Gasteiger partial charge < -0.3 is 9.85 Å². The highest BCUT2D eigenvalue weighted by Crippen LogP contribution is 2.25. The molecule has 0 aromatic carbocycles. The number of quaternary nitrogens is 2. The highest BCUT2D eigenvalue weighted by atomic mass is 19.2. The van der Waals surface area contributed by atoms with Gasteiger partial charge >= 0.3 is 0 Å². The van der Waals surface area contributed by atoms with Gasteiger partial charge in [0.25, 0.3) is 0 Å². The minimum absolute atomic E-state index is 0.135. The minimum atomic E-state index is -0.345.